The molecule has 0 unspecified atom stereocenters. The molecule has 3 rings (SSSR count). The number of carbonyl (C=O) groups is 2. The number of carboxylic acids is 1. The van der Waals surface area contributed by atoms with Gasteiger partial charge in [0.2, 0.25) is 0 Å². The second-order valence-electron chi connectivity index (χ2n) is 7.95. The highest BCUT2D eigenvalue weighted by Crippen LogP contribution is 2.32. The van der Waals surface area contributed by atoms with Crippen molar-refractivity contribution in [3.63, 3.8) is 0 Å². The number of ether oxygens (including phenoxy) is 3. The van der Waals surface area contributed by atoms with Crippen molar-refractivity contribution < 1.29 is 28.9 Å². The summed E-state index contributed by atoms with van der Waals surface area (Å²) in [6.07, 6.45) is 1.24. The molecule has 0 heterocycles. The maximum Gasteiger partial charge on any atom is 0.262 e. The molecule has 0 spiro atoms. The van der Waals surface area contributed by atoms with Gasteiger partial charge in [-0.25, -0.2) is 0 Å². The molecule has 0 bridgehead atoms. The molecule has 1 amide bonds. The number of hydrogen-bond donors (Lipinski definition) is 1. The fourth-order valence-electron chi connectivity index (χ4n) is 3.35. The van der Waals surface area contributed by atoms with E-state index < -0.39 is 24.2 Å². The minimum atomic E-state index is -1.57. The molecule has 1 N–H and O–H groups in total. The van der Waals surface area contributed by atoms with E-state index in [1.54, 1.807) is 48.5 Å². The SMILES string of the molecule is COc1cc(/C=C(/NC(=O)COc2cc(C)c(Cl)c(C)c2)C(=O)[O-])ccc1OCc1c(Cl)cccc1Cl. The van der Waals surface area contributed by atoms with Crippen LogP contribution in [0, 0.1) is 13.8 Å². The smallest absolute Gasteiger partial charge is 0.262 e. The van der Waals surface area contributed by atoms with Gasteiger partial charge in [-0.3, -0.25) is 4.79 Å². The van der Waals surface area contributed by atoms with E-state index in [0.717, 1.165) is 11.1 Å². The van der Waals surface area contributed by atoms with Crippen molar-refractivity contribution in [1.29, 1.82) is 0 Å². The van der Waals surface area contributed by atoms with Gasteiger partial charge in [0.1, 0.15) is 12.4 Å². The van der Waals surface area contributed by atoms with Gasteiger partial charge in [0, 0.05) is 20.6 Å². The molecule has 0 saturated carbocycles. The Labute approximate surface area is 229 Å². The molecule has 0 aromatic heterocycles. The molecule has 0 aliphatic heterocycles. The van der Waals surface area contributed by atoms with Crippen LogP contribution in [0.25, 0.3) is 6.08 Å². The number of methoxy groups -OCH3 is 1. The molecule has 37 heavy (non-hydrogen) atoms. The zero-order valence-electron chi connectivity index (χ0n) is 20.2. The van der Waals surface area contributed by atoms with Gasteiger partial charge in [0.25, 0.3) is 5.91 Å². The number of halogens is 3. The third-order valence-corrected chi connectivity index (χ3v) is 6.51. The quantitative estimate of drug-likeness (QED) is 0.343. The first kappa shape index (κ1) is 28.2. The average molecular weight is 564 g/mol. The summed E-state index contributed by atoms with van der Waals surface area (Å²) in [5.41, 5.74) is 2.18. The van der Waals surface area contributed by atoms with E-state index in [0.29, 0.717) is 43.4 Å². The van der Waals surface area contributed by atoms with Crippen LogP contribution >= 0.6 is 34.8 Å². The molecule has 0 radical (unpaired) electrons. The predicted octanol–water partition coefficient (Wildman–Crippen LogP) is 5.14. The summed E-state index contributed by atoms with van der Waals surface area (Å²) in [5, 5.41) is 15.5. The summed E-state index contributed by atoms with van der Waals surface area (Å²) in [7, 11) is 1.44. The molecule has 0 fully saturated rings. The lowest BCUT2D eigenvalue weighted by molar-refractivity contribution is -0.299. The van der Waals surface area contributed by atoms with Crippen LogP contribution in [0.3, 0.4) is 0 Å². The summed E-state index contributed by atoms with van der Waals surface area (Å²) in [5.74, 6) is -1.09. The maximum atomic E-state index is 12.3. The number of amides is 1. The van der Waals surface area contributed by atoms with E-state index >= 15 is 0 Å². The second kappa shape index (κ2) is 12.7. The molecule has 0 aliphatic carbocycles. The van der Waals surface area contributed by atoms with Crippen molar-refractivity contribution in [2.75, 3.05) is 13.7 Å². The van der Waals surface area contributed by atoms with Gasteiger partial charge in [-0.15, -0.1) is 0 Å². The zero-order valence-corrected chi connectivity index (χ0v) is 22.5. The Balaban J connectivity index is 1.70. The minimum Gasteiger partial charge on any atom is -0.543 e. The van der Waals surface area contributed by atoms with E-state index in [-0.39, 0.29) is 6.61 Å². The van der Waals surface area contributed by atoms with Crippen LogP contribution in [0.1, 0.15) is 22.3 Å². The van der Waals surface area contributed by atoms with Gasteiger partial charge in [-0.1, -0.05) is 46.9 Å². The highest BCUT2D eigenvalue weighted by atomic mass is 35.5. The van der Waals surface area contributed by atoms with Crippen LogP contribution in [-0.4, -0.2) is 25.6 Å². The van der Waals surface area contributed by atoms with Gasteiger partial charge in [-0.2, -0.15) is 0 Å². The van der Waals surface area contributed by atoms with Crippen LogP contribution in [0.2, 0.25) is 15.1 Å². The molecule has 0 aliphatic rings. The van der Waals surface area contributed by atoms with Crippen LogP contribution in [0.5, 0.6) is 17.2 Å². The standard InChI is InChI=1S/C27H24Cl3NO6/c1-15-9-18(10-16(2)26(15)30)36-14-25(32)31-22(27(33)34)11-17-7-8-23(24(12-17)35-3)37-13-19-20(28)5-4-6-21(19)29/h4-12H,13-14H2,1-3H3,(H,31,32)(H,33,34)/p-1/b22-11+. The Kier molecular flexibility index (Phi) is 9.69. The number of carboxylic acid groups (broad SMARTS) is 1. The molecular weight excluding hydrogens is 541 g/mol. The van der Waals surface area contributed by atoms with Gasteiger partial charge in [0.05, 0.1) is 18.8 Å². The van der Waals surface area contributed by atoms with Crippen LogP contribution in [-0.2, 0) is 16.2 Å². The normalized spacial score (nSPS) is 11.1. The Morgan fingerprint density at radius 2 is 1.59 bits per heavy atom. The van der Waals surface area contributed by atoms with Crippen LogP contribution < -0.4 is 24.6 Å². The Morgan fingerprint density at radius 1 is 0.946 bits per heavy atom. The lowest BCUT2D eigenvalue weighted by Gasteiger charge is -2.15. The summed E-state index contributed by atoms with van der Waals surface area (Å²) in [6, 6.07) is 13.3. The molecule has 194 valence electrons. The van der Waals surface area contributed by atoms with Gasteiger partial charge in [0.15, 0.2) is 18.1 Å². The molecule has 0 atom stereocenters. The van der Waals surface area contributed by atoms with Crippen molar-refractivity contribution in [3.8, 4) is 17.2 Å². The molecule has 10 heteroatoms. The molecular formula is C27H23Cl3NO6-. The van der Waals surface area contributed by atoms with Crippen molar-refractivity contribution in [2.24, 2.45) is 0 Å². The number of aliphatic carboxylic acids is 1. The number of benzene rings is 3. The number of aryl methyl sites for hydroxylation is 2. The molecule has 0 saturated heterocycles. The fourth-order valence-corrected chi connectivity index (χ4v) is 3.97. The average Bonchev–Trinajstić information content (AvgIpc) is 2.85. The molecule has 3 aromatic carbocycles. The third kappa shape index (κ3) is 7.55. The Morgan fingerprint density at radius 3 is 2.19 bits per heavy atom. The summed E-state index contributed by atoms with van der Waals surface area (Å²) < 4.78 is 16.7. The lowest BCUT2D eigenvalue weighted by Crippen LogP contribution is -2.37. The number of hydrogen-bond acceptors (Lipinski definition) is 6. The Hall–Kier alpha value is -3.39. The summed E-state index contributed by atoms with van der Waals surface area (Å²) in [6.45, 7) is 3.31. The summed E-state index contributed by atoms with van der Waals surface area (Å²) >= 11 is 18.5. The van der Waals surface area contributed by atoms with Crippen LogP contribution in [0.15, 0.2) is 54.2 Å². The van der Waals surface area contributed by atoms with E-state index in [1.807, 2.05) is 13.8 Å². The predicted molar refractivity (Wildman–Crippen MR) is 141 cm³/mol. The maximum absolute atomic E-state index is 12.3. The third-order valence-electron chi connectivity index (χ3n) is 5.21. The second-order valence-corrected chi connectivity index (χ2v) is 9.14. The first-order valence-corrected chi connectivity index (χ1v) is 12.1. The Bertz CT molecular complexity index is 1310. The first-order valence-electron chi connectivity index (χ1n) is 10.9. The zero-order chi connectivity index (χ0) is 27.1. The van der Waals surface area contributed by atoms with Crippen molar-refractivity contribution in [2.45, 2.75) is 20.5 Å². The van der Waals surface area contributed by atoms with Crippen LogP contribution in [0.4, 0.5) is 0 Å². The number of nitrogens with one attached hydrogen (secondary N) is 1. The van der Waals surface area contributed by atoms with E-state index in [2.05, 4.69) is 5.32 Å². The number of rotatable bonds is 10. The van der Waals surface area contributed by atoms with Crippen molar-refractivity contribution in [1.82, 2.24) is 5.32 Å². The largest absolute Gasteiger partial charge is 0.543 e. The molecule has 3 aromatic rings. The van der Waals surface area contributed by atoms with Gasteiger partial charge >= 0.3 is 0 Å². The first-order chi connectivity index (χ1) is 17.6. The highest BCUT2D eigenvalue weighted by molar-refractivity contribution is 6.36. The topological polar surface area (TPSA) is 96.9 Å². The van der Waals surface area contributed by atoms with Crippen molar-refractivity contribution in [3.05, 3.63) is 91.5 Å². The fraction of sp³-hybridized carbons (Fsp3) is 0.185. The monoisotopic (exact) mass is 562 g/mol. The van der Waals surface area contributed by atoms with E-state index in [9.17, 15) is 14.7 Å². The van der Waals surface area contributed by atoms with E-state index in [4.69, 9.17) is 49.0 Å². The van der Waals surface area contributed by atoms with Crippen molar-refractivity contribution >= 4 is 52.8 Å². The van der Waals surface area contributed by atoms with E-state index in [1.165, 1.54) is 13.2 Å². The summed E-state index contributed by atoms with van der Waals surface area (Å²) in [4.78, 5) is 24.0. The van der Waals surface area contributed by atoms with Gasteiger partial charge < -0.3 is 29.4 Å². The highest BCUT2D eigenvalue weighted by Gasteiger charge is 2.12. The minimum absolute atomic E-state index is 0.0943. The number of carbonyl (C=O) groups excluding carboxylic acids is 2. The van der Waals surface area contributed by atoms with Gasteiger partial charge in [-0.05, 0) is 73.0 Å². The lowest BCUT2D eigenvalue weighted by atomic mass is 10.1. The molecule has 7 nitrogen and oxygen atoms in total.